The number of hydrogen-bond donors (Lipinski definition) is 1. The summed E-state index contributed by atoms with van der Waals surface area (Å²) >= 11 is 5.92. The molecule has 4 heterocycles. The average molecular weight is 534 g/mol. The van der Waals surface area contributed by atoms with E-state index >= 15 is 0 Å². The van der Waals surface area contributed by atoms with Gasteiger partial charge in [0.15, 0.2) is 11.5 Å². The normalized spacial score (nSPS) is 13.3. The number of methoxy groups -OCH3 is 2. The second kappa shape index (κ2) is 10.1. The highest BCUT2D eigenvalue weighted by Gasteiger charge is 2.32. The first kappa shape index (κ1) is 25.3. The van der Waals surface area contributed by atoms with Crippen LogP contribution in [0.1, 0.15) is 25.5 Å². The number of aryl methyl sites for hydroxylation is 1. The van der Waals surface area contributed by atoms with Crippen molar-refractivity contribution in [2.45, 2.75) is 25.0 Å². The lowest BCUT2D eigenvalue weighted by molar-refractivity contribution is 0.368. The van der Waals surface area contributed by atoms with Crippen LogP contribution in [-0.4, -0.2) is 67.4 Å². The number of anilines is 1. The molecule has 15 heteroatoms. The van der Waals surface area contributed by atoms with Crippen LogP contribution in [0.15, 0.2) is 36.9 Å². The largest absolute Gasteiger partial charge is 0.479 e. The molecular weight excluding hydrogens is 510 g/mol. The molecule has 4 aromatic heterocycles. The Morgan fingerprint density at radius 3 is 2.28 bits per heavy atom. The molecule has 2 unspecified atom stereocenters. The quantitative estimate of drug-likeness (QED) is 0.339. The number of nitrogens with zero attached hydrogens (tertiary/aromatic N) is 8. The first-order chi connectivity index (χ1) is 17.2. The lowest BCUT2D eigenvalue weighted by atomic mass is 10.0. The van der Waals surface area contributed by atoms with Crippen LogP contribution in [-0.2, 0) is 17.1 Å². The molecule has 0 radical (unpaired) electrons. The van der Waals surface area contributed by atoms with Gasteiger partial charge in [0.2, 0.25) is 27.7 Å². The number of aromatic nitrogens is 8. The summed E-state index contributed by atoms with van der Waals surface area (Å²) in [7, 11) is 0.585. The molecule has 190 valence electrons. The Labute approximate surface area is 212 Å². The van der Waals surface area contributed by atoms with Crippen molar-refractivity contribution in [2.75, 3.05) is 18.9 Å². The van der Waals surface area contributed by atoms with E-state index in [0.29, 0.717) is 16.4 Å². The minimum absolute atomic E-state index is 0.117. The highest BCUT2D eigenvalue weighted by molar-refractivity contribution is 7.93. The van der Waals surface area contributed by atoms with Crippen molar-refractivity contribution >= 4 is 27.6 Å². The SMILES string of the molecule is COc1ncnc(OC)c1-n1c(NS(=O)(=O)C(C)C(C)c2ccc(Cl)cn2)nnc1-c1ccn(C)n1. The summed E-state index contributed by atoms with van der Waals surface area (Å²) in [6.07, 6.45) is 4.46. The summed E-state index contributed by atoms with van der Waals surface area (Å²) in [5.41, 5.74) is 1.20. The van der Waals surface area contributed by atoms with Crippen LogP contribution in [0.2, 0.25) is 5.02 Å². The molecule has 0 saturated heterocycles. The number of ether oxygens (including phenoxy) is 2. The maximum absolute atomic E-state index is 13.5. The van der Waals surface area contributed by atoms with Gasteiger partial charge in [-0.25, -0.2) is 13.0 Å². The zero-order chi connectivity index (χ0) is 26.0. The van der Waals surface area contributed by atoms with Gasteiger partial charge in [0.05, 0.1) is 24.5 Å². The first-order valence-electron chi connectivity index (χ1n) is 10.7. The Bertz CT molecular complexity index is 1450. The number of halogens is 1. The zero-order valence-electron chi connectivity index (χ0n) is 20.1. The highest BCUT2D eigenvalue weighted by atomic mass is 35.5. The van der Waals surface area contributed by atoms with E-state index in [1.165, 1.54) is 31.3 Å². The highest BCUT2D eigenvalue weighted by Crippen LogP contribution is 2.35. The van der Waals surface area contributed by atoms with E-state index in [1.54, 1.807) is 50.0 Å². The van der Waals surface area contributed by atoms with E-state index in [9.17, 15) is 8.42 Å². The van der Waals surface area contributed by atoms with Crippen molar-refractivity contribution in [2.24, 2.45) is 7.05 Å². The topological polar surface area (TPSA) is 152 Å². The van der Waals surface area contributed by atoms with E-state index in [0.717, 1.165) is 0 Å². The van der Waals surface area contributed by atoms with Gasteiger partial charge in [-0.1, -0.05) is 18.5 Å². The van der Waals surface area contributed by atoms with Crippen molar-refractivity contribution in [1.82, 2.24) is 39.5 Å². The van der Waals surface area contributed by atoms with Crippen molar-refractivity contribution in [1.29, 1.82) is 0 Å². The van der Waals surface area contributed by atoms with E-state index in [-0.39, 0.29) is 29.2 Å². The summed E-state index contributed by atoms with van der Waals surface area (Å²) in [6.45, 7) is 3.34. The standard InChI is InChI=1S/C21H24ClN9O4S/c1-12(15-7-6-14(22)10-23-15)13(2)36(32,33)29-21-27-26-18(16-8-9-30(3)28-16)31(21)17-19(34-4)24-11-25-20(17)35-5/h6-13H,1-5H3,(H,27,29). The van der Waals surface area contributed by atoms with Crippen LogP contribution in [0.5, 0.6) is 11.8 Å². The Kier molecular flexibility index (Phi) is 7.08. The molecule has 2 atom stereocenters. The fraction of sp³-hybridized carbons (Fsp3) is 0.333. The van der Waals surface area contributed by atoms with Gasteiger partial charge in [0.25, 0.3) is 0 Å². The summed E-state index contributed by atoms with van der Waals surface area (Å²) in [4.78, 5) is 12.5. The van der Waals surface area contributed by atoms with Gasteiger partial charge in [0.1, 0.15) is 12.0 Å². The van der Waals surface area contributed by atoms with E-state index in [1.807, 2.05) is 0 Å². The minimum atomic E-state index is -4.00. The Morgan fingerprint density at radius 2 is 1.72 bits per heavy atom. The van der Waals surface area contributed by atoms with Gasteiger partial charge in [-0.05, 0) is 25.1 Å². The molecule has 1 N–H and O–H groups in total. The molecule has 36 heavy (non-hydrogen) atoms. The number of rotatable bonds is 9. The molecule has 0 bridgehead atoms. The van der Waals surface area contributed by atoms with Gasteiger partial charge in [-0.2, -0.15) is 15.1 Å². The third kappa shape index (κ3) is 4.81. The zero-order valence-corrected chi connectivity index (χ0v) is 21.7. The molecule has 0 aromatic carbocycles. The van der Waals surface area contributed by atoms with Gasteiger partial charge in [-0.3, -0.25) is 14.4 Å². The molecule has 4 aromatic rings. The predicted molar refractivity (Wildman–Crippen MR) is 132 cm³/mol. The van der Waals surface area contributed by atoms with Gasteiger partial charge in [0, 0.05) is 31.1 Å². The summed E-state index contributed by atoms with van der Waals surface area (Å²) in [6, 6.07) is 5.06. The van der Waals surface area contributed by atoms with Crippen LogP contribution in [0.3, 0.4) is 0 Å². The van der Waals surface area contributed by atoms with E-state index < -0.39 is 21.2 Å². The molecule has 0 amide bonds. The van der Waals surface area contributed by atoms with Crippen molar-refractivity contribution in [3.8, 4) is 29.0 Å². The van der Waals surface area contributed by atoms with Crippen LogP contribution in [0.25, 0.3) is 17.2 Å². The van der Waals surface area contributed by atoms with Crippen LogP contribution in [0, 0.1) is 0 Å². The van der Waals surface area contributed by atoms with Gasteiger partial charge in [-0.15, -0.1) is 10.2 Å². The Hall–Kier alpha value is -3.78. The molecule has 0 fully saturated rings. The molecule has 0 saturated carbocycles. The summed E-state index contributed by atoms with van der Waals surface area (Å²) < 4.78 is 43.3. The number of nitrogens with one attached hydrogen (secondary N) is 1. The van der Waals surface area contributed by atoms with Crippen LogP contribution in [0.4, 0.5) is 5.95 Å². The van der Waals surface area contributed by atoms with E-state index in [4.69, 9.17) is 21.1 Å². The number of hydrogen-bond acceptors (Lipinski definition) is 10. The maximum Gasteiger partial charge on any atom is 0.245 e. The fourth-order valence-electron chi connectivity index (χ4n) is 3.49. The molecule has 0 aliphatic heterocycles. The molecule has 0 aliphatic carbocycles. The predicted octanol–water partition coefficient (Wildman–Crippen LogP) is 2.46. The maximum atomic E-state index is 13.5. The lowest BCUT2D eigenvalue weighted by Gasteiger charge is -2.21. The average Bonchev–Trinajstić information content (AvgIpc) is 3.48. The number of sulfonamides is 1. The Morgan fingerprint density at radius 1 is 1.03 bits per heavy atom. The second-order valence-corrected chi connectivity index (χ2v) is 10.3. The van der Waals surface area contributed by atoms with Crippen molar-refractivity contribution in [3.05, 3.63) is 47.6 Å². The van der Waals surface area contributed by atoms with Crippen molar-refractivity contribution in [3.63, 3.8) is 0 Å². The minimum Gasteiger partial charge on any atom is -0.479 e. The molecule has 13 nitrogen and oxygen atoms in total. The first-order valence-corrected chi connectivity index (χ1v) is 12.6. The fourth-order valence-corrected chi connectivity index (χ4v) is 4.85. The van der Waals surface area contributed by atoms with Gasteiger partial charge >= 0.3 is 0 Å². The third-order valence-corrected chi connectivity index (χ3v) is 7.69. The summed E-state index contributed by atoms with van der Waals surface area (Å²) in [5, 5.41) is 12.2. The second-order valence-electron chi connectivity index (χ2n) is 7.84. The third-order valence-electron chi connectivity index (χ3n) is 5.62. The van der Waals surface area contributed by atoms with Crippen LogP contribution >= 0.6 is 11.6 Å². The molecule has 0 spiro atoms. The lowest BCUT2D eigenvalue weighted by Crippen LogP contribution is -2.31. The molecule has 0 aliphatic rings. The van der Waals surface area contributed by atoms with E-state index in [2.05, 4.69) is 35.0 Å². The van der Waals surface area contributed by atoms with Crippen molar-refractivity contribution < 1.29 is 17.9 Å². The van der Waals surface area contributed by atoms with Gasteiger partial charge < -0.3 is 9.47 Å². The Balaban J connectivity index is 1.81. The monoisotopic (exact) mass is 533 g/mol. The molecule has 4 rings (SSSR count). The molecular formula is C21H24ClN9O4S. The smallest absolute Gasteiger partial charge is 0.245 e. The summed E-state index contributed by atoms with van der Waals surface area (Å²) in [5.74, 6) is -0.127. The number of pyridine rings is 1. The van der Waals surface area contributed by atoms with Crippen LogP contribution < -0.4 is 14.2 Å².